The first-order valence-electron chi connectivity index (χ1n) is 8.85. The first kappa shape index (κ1) is 20.9. The van der Waals surface area contributed by atoms with Crippen LogP contribution in [0.4, 0.5) is 20.4 Å². The maximum absolute atomic E-state index is 12.3. The molecule has 7 nitrogen and oxygen atoms in total. The molecule has 0 unspecified atom stereocenters. The molecule has 2 aromatic rings. The van der Waals surface area contributed by atoms with E-state index in [2.05, 4.69) is 15.0 Å². The highest BCUT2D eigenvalue weighted by atomic mass is 35.5. The van der Waals surface area contributed by atoms with Crippen molar-refractivity contribution in [2.75, 3.05) is 24.5 Å². The summed E-state index contributed by atoms with van der Waals surface area (Å²) in [5.74, 6) is 1.58. The van der Waals surface area contributed by atoms with Crippen LogP contribution in [0.5, 0.6) is 6.01 Å². The molecule has 0 fully saturated rings. The van der Waals surface area contributed by atoms with Crippen LogP contribution in [0, 0.1) is 0 Å². The van der Waals surface area contributed by atoms with E-state index in [-0.39, 0.29) is 11.8 Å². The summed E-state index contributed by atoms with van der Waals surface area (Å²) >= 11 is 5.95. The van der Waals surface area contributed by atoms with Gasteiger partial charge in [0.25, 0.3) is 0 Å². The number of hydrogen-bond acceptors (Lipinski definition) is 6. The Morgan fingerprint density at radius 3 is 2.45 bits per heavy atom. The van der Waals surface area contributed by atoms with Crippen LogP contribution in [0.2, 0.25) is 5.02 Å². The number of aromatic nitrogens is 2. The van der Waals surface area contributed by atoms with Crippen molar-refractivity contribution in [3.63, 3.8) is 0 Å². The van der Waals surface area contributed by atoms with Gasteiger partial charge in [-0.2, -0.15) is 13.8 Å². The monoisotopic (exact) mass is 426 g/mol. The van der Waals surface area contributed by atoms with Crippen LogP contribution >= 0.6 is 11.6 Å². The van der Waals surface area contributed by atoms with E-state index in [4.69, 9.17) is 16.3 Å². The Labute approximate surface area is 171 Å². The van der Waals surface area contributed by atoms with Crippen LogP contribution in [0.1, 0.15) is 18.4 Å². The van der Waals surface area contributed by atoms with Crippen LogP contribution in [-0.2, 0) is 11.3 Å². The van der Waals surface area contributed by atoms with Crippen LogP contribution in [0.25, 0.3) is 0 Å². The number of ether oxygens (including phenoxy) is 2. The first-order chi connectivity index (χ1) is 13.9. The van der Waals surface area contributed by atoms with E-state index in [1.54, 1.807) is 29.8 Å². The Morgan fingerprint density at radius 2 is 1.90 bits per heavy atom. The van der Waals surface area contributed by atoms with Crippen molar-refractivity contribution < 1.29 is 23.5 Å². The molecule has 0 bridgehead atoms. The normalized spacial score (nSPS) is 13.8. The number of rotatable bonds is 8. The molecule has 3 rings (SSSR count). The number of imidazole rings is 1. The quantitative estimate of drug-likeness (QED) is 0.599. The highest BCUT2D eigenvalue weighted by molar-refractivity contribution is 6.30. The molecular weight excluding hydrogens is 406 g/mol. The lowest BCUT2D eigenvalue weighted by Crippen LogP contribution is -2.18. The minimum atomic E-state index is -2.85. The Morgan fingerprint density at radius 1 is 1.24 bits per heavy atom. The number of anilines is 2. The molecule has 29 heavy (non-hydrogen) atoms. The molecule has 0 amide bonds. The molecule has 1 aliphatic carbocycles. The summed E-state index contributed by atoms with van der Waals surface area (Å²) in [6.07, 6.45) is 3.70. The molecule has 0 radical (unpaired) electrons. The van der Waals surface area contributed by atoms with Crippen LogP contribution < -0.4 is 15.1 Å². The van der Waals surface area contributed by atoms with Gasteiger partial charge in [0, 0.05) is 32.0 Å². The molecule has 0 saturated heterocycles. The maximum Gasteiger partial charge on any atom is 0.387 e. The van der Waals surface area contributed by atoms with Crippen molar-refractivity contribution in [2.24, 2.45) is 0 Å². The van der Waals surface area contributed by atoms with E-state index in [1.165, 1.54) is 13.1 Å². The second-order valence-electron chi connectivity index (χ2n) is 6.30. The SMILES string of the molecule is CNc1nc(OC2=CC=C(OC(F)F)CC2)n(Cc2ccc(Cl)cc2)c1N(C)O. The van der Waals surface area contributed by atoms with E-state index in [1.807, 2.05) is 12.1 Å². The first-order valence-corrected chi connectivity index (χ1v) is 9.23. The highest BCUT2D eigenvalue weighted by Gasteiger charge is 2.22. The lowest BCUT2D eigenvalue weighted by molar-refractivity contribution is -0.0987. The van der Waals surface area contributed by atoms with E-state index >= 15 is 0 Å². The highest BCUT2D eigenvalue weighted by Crippen LogP contribution is 2.33. The molecule has 0 spiro atoms. The van der Waals surface area contributed by atoms with E-state index in [0.29, 0.717) is 41.8 Å². The summed E-state index contributed by atoms with van der Waals surface area (Å²) in [5, 5.41) is 14.6. The third-order valence-electron chi connectivity index (χ3n) is 4.24. The van der Waals surface area contributed by atoms with Gasteiger partial charge in [-0.25, -0.2) is 5.06 Å². The number of hydroxylamine groups is 1. The summed E-state index contributed by atoms with van der Waals surface area (Å²) in [6, 6.07) is 7.52. The predicted octanol–water partition coefficient (Wildman–Crippen LogP) is 4.63. The lowest BCUT2D eigenvalue weighted by Gasteiger charge is -2.18. The minimum Gasteiger partial charge on any atom is -0.439 e. The lowest BCUT2D eigenvalue weighted by atomic mass is 10.1. The second-order valence-corrected chi connectivity index (χ2v) is 6.74. The number of hydrogen-bond donors (Lipinski definition) is 2. The fourth-order valence-electron chi connectivity index (χ4n) is 2.93. The van der Waals surface area contributed by atoms with Crippen molar-refractivity contribution in [1.82, 2.24) is 9.55 Å². The Kier molecular flexibility index (Phi) is 6.60. The smallest absolute Gasteiger partial charge is 0.387 e. The fourth-order valence-corrected chi connectivity index (χ4v) is 3.05. The fraction of sp³-hybridized carbons (Fsp3) is 0.316. The topological polar surface area (TPSA) is 71.8 Å². The zero-order valence-corrected chi connectivity index (χ0v) is 16.7. The van der Waals surface area contributed by atoms with E-state index in [0.717, 1.165) is 10.6 Å². The molecule has 1 aliphatic rings. The van der Waals surface area contributed by atoms with Crippen LogP contribution in [0.3, 0.4) is 0 Å². The molecule has 1 aromatic carbocycles. The average Bonchev–Trinajstić information content (AvgIpc) is 3.02. The second kappa shape index (κ2) is 9.15. The van der Waals surface area contributed by atoms with Crippen LogP contribution in [0.15, 0.2) is 47.9 Å². The molecule has 0 atom stereocenters. The maximum atomic E-state index is 12.3. The summed E-state index contributed by atoms with van der Waals surface area (Å²) in [7, 11) is 3.17. The molecule has 1 aromatic heterocycles. The van der Waals surface area contributed by atoms with Gasteiger partial charge in [-0.05, 0) is 29.8 Å². The zero-order valence-electron chi connectivity index (χ0n) is 15.9. The summed E-state index contributed by atoms with van der Waals surface area (Å²) in [6.45, 7) is -2.49. The summed E-state index contributed by atoms with van der Waals surface area (Å²) < 4.78 is 36.7. The Bertz CT molecular complexity index is 911. The largest absolute Gasteiger partial charge is 0.439 e. The van der Waals surface area contributed by atoms with Gasteiger partial charge in [0.05, 0.1) is 6.54 Å². The molecule has 0 aliphatic heterocycles. The van der Waals surface area contributed by atoms with Crippen molar-refractivity contribution in [1.29, 1.82) is 0 Å². The molecule has 156 valence electrons. The Balaban J connectivity index is 1.90. The molecule has 10 heteroatoms. The summed E-state index contributed by atoms with van der Waals surface area (Å²) in [5.41, 5.74) is 0.924. The summed E-state index contributed by atoms with van der Waals surface area (Å²) in [4.78, 5) is 4.41. The zero-order chi connectivity index (χ0) is 21.0. The molecule has 0 saturated carbocycles. The van der Waals surface area contributed by atoms with Crippen molar-refractivity contribution in [2.45, 2.75) is 26.0 Å². The van der Waals surface area contributed by atoms with Gasteiger partial charge in [0.1, 0.15) is 11.5 Å². The molecule has 1 heterocycles. The molecular formula is C19H21ClF2N4O3. The van der Waals surface area contributed by atoms with Crippen molar-refractivity contribution in [3.05, 3.63) is 58.5 Å². The van der Waals surface area contributed by atoms with Gasteiger partial charge in [0.15, 0.2) is 11.6 Å². The average molecular weight is 427 g/mol. The van der Waals surface area contributed by atoms with Gasteiger partial charge >= 0.3 is 12.6 Å². The minimum absolute atomic E-state index is 0.198. The predicted molar refractivity (Wildman–Crippen MR) is 106 cm³/mol. The van der Waals surface area contributed by atoms with Gasteiger partial charge in [0.2, 0.25) is 0 Å². The molecule has 2 N–H and O–H groups in total. The number of nitrogens with one attached hydrogen (secondary N) is 1. The third kappa shape index (κ3) is 5.18. The van der Waals surface area contributed by atoms with E-state index in [9.17, 15) is 14.0 Å². The van der Waals surface area contributed by atoms with Gasteiger partial charge < -0.3 is 14.8 Å². The third-order valence-corrected chi connectivity index (χ3v) is 4.49. The van der Waals surface area contributed by atoms with Crippen molar-refractivity contribution >= 4 is 23.2 Å². The number of allylic oxidation sites excluding steroid dienone is 4. The number of nitrogens with zero attached hydrogens (tertiary/aromatic N) is 3. The van der Waals surface area contributed by atoms with Gasteiger partial charge in [-0.15, -0.1) is 0 Å². The van der Waals surface area contributed by atoms with E-state index < -0.39 is 6.61 Å². The van der Waals surface area contributed by atoms with Gasteiger partial charge in [-0.1, -0.05) is 23.7 Å². The number of alkyl halides is 2. The standard InChI is InChI=1S/C19H21ClF2N4O3/c1-23-16-17(25(2)27)26(11-12-3-5-13(20)6-4-12)19(24-16)29-15-9-7-14(8-10-15)28-18(21)22/h3-7,9,18,23,27H,8,10-11H2,1-2H3. The number of benzene rings is 1. The Hall–Kier alpha value is -2.78. The van der Waals surface area contributed by atoms with Crippen molar-refractivity contribution in [3.8, 4) is 6.01 Å². The van der Waals surface area contributed by atoms with Gasteiger partial charge in [-0.3, -0.25) is 9.77 Å². The van der Waals surface area contributed by atoms with Crippen LogP contribution in [-0.4, -0.2) is 35.5 Å². The number of halogens is 3.